The number of carbonyl (C=O) groups excluding carboxylic acids is 1. The summed E-state index contributed by atoms with van der Waals surface area (Å²) in [5.74, 6) is -1.85. The van der Waals surface area contributed by atoms with Crippen molar-refractivity contribution in [2.45, 2.75) is 38.5 Å². The van der Waals surface area contributed by atoms with Gasteiger partial charge in [-0.1, -0.05) is 19.8 Å². The van der Waals surface area contributed by atoms with Crippen molar-refractivity contribution in [1.29, 1.82) is 0 Å². The quantitative estimate of drug-likeness (QED) is 0.401. The Bertz CT molecular complexity index is 179. The second-order valence-electron chi connectivity index (χ2n) is 2.78. The van der Waals surface area contributed by atoms with Gasteiger partial charge in [-0.2, -0.15) is 13.2 Å². The molecule has 0 radical (unpaired) electrons. The van der Waals surface area contributed by atoms with E-state index in [9.17, 15) is 22.4 Å². The summed E-state index contributed by atoms with van der Waals surface area (Å²) in [5.41, 5.74) is 0. The molecule has 2 nitrogen and oxygen atoms in total. The van der Waals surface area contributed by atoms with Gasteiger partial charge in [-0.3, -0.25) is 0 Å². The summed E-state index contributed by atoms with van der Waals surface area (Å²) < 4.78 is 51.1. The highest BCUT2D eigenvalue weighted by molar-refractivity contribution is 5.75. The van der Waals surface area contributed by atoms with Crippen LogP contribution in [0.4, 0.5) is 17.6 Å². The highest BCUT2D eigenvalue weighted by atomic mass is 19.4. The summed E-state index contributed by atoms with van der Waals surface area (Å²) in [6, 6.07) is 0. The predicted molar refractivity (Wildman–Crippen MR) is 41.4 cm³/mol. The van der Waals surface area contributed by atoms with Gasteiger partial charge in [-0.15, -0.1) is 0 Å². The van der Waals surface area contributed by atoms with Gasteiger partial charge in [-0.05, 0) is 6.42 Å². The fraction of sp³-hybridized carbons (Fsp3) is 0.875. The van der Waals surface area contributed by atoms with Crippen molar-refractivity contribution in [2.75, 3.05) is 6.61 Å². The zero-order chi connectivity index (χ0) is 11.2. The van der Waals surface area contributed by atoms with Gasteiger partial charge in [0.25, 0.3) is 6.17 Å². The number of unbranched alkanes of at least 4 members (excludes halogenated alkanes) is 2. The van der Waals surface area contributed by atoms with Gasteiger partial charge in [0.2, 0.25) is 0 Å². The van der Waals surface area contributed by atoms with Crippen LogP contribution in [0.15, 0.2) is 0 Å². The molecule has 0 aromatic heterocycles. The van der Waals surface area contributed by atoms with Crippen LogP contribution < -0.4 is 0 Å². The SMILES string of the molecule is CCCCCOC(=O)C(F)C(F)(F)F. The Labute approximate surface area is 79.2 Å². The minimum absolute atomic E-state index is 0.164. The van der Waals surface area contributed by atoms with Gasteiger partial charge in [0.1, 0.15) is 0 Å². The van der Waals surface area contributed by atoms with E-state index in [0.717, 1.165) is 12.8 Å². The van der Waals surface area contributed by atoms with E-state index in [2.05, 4.69) is 4.74 Å². The van der Waals surface area contributed by atoms with Crippen LogP contribution in [0.25, 0.3) is 0 Å². The third-order valence-electron chi connectivity index (χ3n) is 1.49. The zero-order valence-corrected chi connectivity index (χ0v) is 7.73. The van der Waals surface area contributed by atoms with Crippen molar-refractivity contribution in [3.63, 3.8) is 0 Å². The molecule has 0 heterocycles. The molecular formula is C8H12F4O2. The molecule has 0 spiro atoms. The topological polar surface area (TPSA) is 26.3 Å². The second kappa shape index (κ2) is 5.82. The molecule has 6 heteroatoms. The van der Waals surface area contributed by atoms with Gasteiger partial charge in [0.05, 0.1) is 6.61 Å². The molecule has 1 atom stereocenters. The molecule has 0 aliphatic carbocycles. The monoisotopic (exact) mass is 216 g/mol. The smallest absolute Gasteiger partial charge is 0.430 e. The van der Waals surface area contributed by atoms with E-state index in [1.165, 1.54) is 0 Å². The molecule has 0 aliphatic heterocycles. The average Bonchev–Trinajstić information content (AvgIpc) is 2.09. The van der Waals surface area contributed by atoms with E-state index in [4.69, 9.17) is 0 Å². The summed E-state index contributed by atoms with van der Waals surface area (Å²) in [7, 11) is 0. The van der Waals surface area contributed by atoms with Gasteiger partial charge in [0, 0.05) is 0 Å². The highest BCUT2D eigenvalue weighted by Crippen LogP contribution is 2.23. The van der Waals surface area contributed by atoms with E-state index in [1.54, 1.807) is 0 Å². The van der Waals surface area contributed by atoms with Crippen LogP contribution in [-0.4, -0.2) is 24.9 Å². The maximum Gasteiger partial charge on any atom is 0.430 e. The van der Waals surface area contributed by atoms with Crippen LogP contribution in [0.1, 0.15) is 26.2 Å². The number of rotatable bonds is 5. The van der Waals surface area contributed by atoms with Gasteiger partial charge >= 0.3 is 12.1 Å². The van der Waals surface area contributed by atoms with Crippen LogP contribution in [0.3, 0.4) is 0 Å². The number of alkyl halides is 4. The normalized spacial score (nSPS) is 13.8. The first kappa shape index (κ1) is 13.2. The number of hydrogen-bond acceptors (Lipinski definition) is 2. The van der Waals surface area contributed by atoms with Crippen molar-refractivity contribution < 1.29 is 27.1 Å². The molecule has 0 aromatic carbocycles. The van der Waals surface area contributed by atoms with E-state index in [-0.39, 0.29) is 6.61 Å². The maximum atomic E-state index is 12.2. The Morgan fingerprint density at radius 3 is 2.36 bits per heavy atom. The molecule has 84 valence electrons. The predicted octanol–water partition coefficient (Wildman–Crippen LogP) is 2.62. The van der Waals surface area contributed by atoms with E-state index in [0.29, 0.717) is 6.42 Å². The van der Waals surface area contributed by atoms with Crippen LogP contribution in [-0.2, 0) is 9.53 Å². The van der Waals surface area contributed by atoms with Crippen molar-refractivity contribution in [2.24, 2.45) is 0 Å². The molecule has 0 saturated heterocycles. The first-order chi connectivity index (χ1) is 6.39. The van der Waals surface area contributed by atoms with Gasteiger partial charge in [-0.25, -0.2) is 9.18 Å². The second-order valence-corrected chi connectivity index (χ2v) is 2.78. The van der Waals surface area contributed by atoms with Crippen molar-refractivity contribution in [3.05, 3.63) is 0 Å². The Morgan fingerprint density at radius 1 is 1.36 bits per heavy atom. The lowest BCUT2D eigenvalue weighted by Crippen LogP contribution is -2.34. The Hall–Kier alpha value is -0.810. The Kier molecular flexibility index (Phi) is 5.49. The summed E-state index contributed by atoms with van der Waals surface area (Å²) in [6.07, 6.45) is -6.66. The standard InChI is InChI=1S/C8H12F4O2/c1-2-3-4-5-14-7(13)6(9)8(10,11)12/h6H,2-5H2,1H3. The molecule has 14 heavy (non-hydrogen) atoms. The zero-order valence-electron chi connectivity index (χ0n) is 7.73. The lowest BCUT2D eigenvalue weighted by Gasteiger charge is -2.11. The minimum Gasteiger partial charge on any atom is -0.463 e. The molecule has 0 amide bonds. The number of hydrogen-bond donors (Lipinski definition) is 0. The van der Waals surface area contributed by atoms with Crippen molar-refractivity contribution in [3.8, 4) is 0 Å². The first-order valence-electron chi connectivity index (χ1n) is 4.27. The molecule has 0 aliphatic rings. The van der Waals surface area contributed by atoms with Crippen LogP contribution in [0, 0.1) is 0 Å². The average molecular weight is 216 g/mol. The first-order valence-corrected chi connectivity index (χ1v) is 4.27. The van der Waals surface area contributed by atoms with E-state index in [1.807, 2.05) is 6.92 Å². The summed E-state index contributed by atoms with van der Waals surface area (Å²) >= 11 is 0. The number of esters is 1. The third-order valence-corrected chi connectivity index (χ3v) is 1.49. The number of halogens is 4. The third kappa shape index (κ3) is 5.04. The van der Waals surface area contributed by atoms with Crippen molar-refractivity contribution >= 4 is 5.97 Å². The summed E-state index contributed by atoms with van der Waals surface area (Å²) in [5, 5.41) is 0. The highest BCUT2D eigenvalue weighted by Gasteiger charge is 2.46. The minimum atomic E-state index is -5.16. The van der Waals surface area contributed by atoms with E-state index >= 15 is 0 Å². The molecule has 0 aromatic rings. The molecular weight excluding hydrogens is 204 g/mol. The lowest BCUT2D eigenvalue weighted by molar-refractivity contribution is -0.201. The Balaban J connectivity index is 3.74. The molecule has 0 rings (SSSR count). The largest absolute Gasteiger partial charge is 0.463 e. The lowest BCUT2D eigenvalue weighted by atomic mass is 10.3. The fourth-order valence-corrected chi connectivity index (χ4v) is 0.732. The Morgan fingerprint density at radius 2 is 1.93 bits per heavy atom. The molecule has 0 saturated carbocycles. The summed E-state index contributed by atoms with van der Waals surface area (Å²) in [6.45, 7) is 1.72. The number of carbonyl (C=O) groups is 1. The van der Waals surface area contributed by atoms with Crippen molar-refractivity contribution in [1.82, 2.24) is 0 Å². The van der Waals surface area contributed by atoms with Crippen LogP contribution in [0.5, 0.6) is 0 Å². The van der Waals surface area contributed by atoms with Crippen LogP contribution in [0.2, 0.25) is 0 Å². The number of ether oxygens (including phenoxy) is 1. The van der Waals surface area contributed by atoms with Gasteiger partial charge in [0.15, 0.2) is 0 Å². The molecule has 0 N–H and O–H groups in total. The van der Waals surface area contributed by atoms with E-state index < -0.39 is 18.3 Å². The maximum absolute atomic E-state index is 12.2. The molecule has 0 bridgehead atoms. The molecule has 0 fully saturated rings. The van der Waals surface area contributed by atoms with Crippen LogP contribution >= 0.6 is 0 Å². The summed E-state index contributed by atoms with van der Waals surface area (Å²) in [4.78, 5) is 10.4. The fourth-order valence-electron chi connectivity index (χ4n) is 0.732. The molecule has 1 unspecified atom stereocenters. The van der Waals surface area contributed by atoms with Gasteiger partial charge < -0.3 is 4.74 Å².